The zero-order chi connectivity index (χ0) is 10.8. The number of hydrogen-bond donors (Lipinski definition) is 0. The summed E-state index contributed by atoms with van der Waals surface area (Å²) in [6, 6.07) is 0. The minimum atomic E-state index is 1.14. The van der Waals surface area contributed by atoms with Crippen LogP contribution in [-0.2, 0) is 0 Å². The fourth-order valence-electron chi connectivity index (χ4n) is 5.10. The lowest BCUT2D eigenvalue weighted by atomic mass is 9.59. The molecule has 0 aromatic heterocycles. The van der Waals surface area contributed by atoms with Crippen molar-refractivity contribution in [3.63, 3.8) is 0 Å². The highest BCUT2D eigenvalue weighted by Gasteiger charge is 2.39. The molecule has 0 aromatic rings. The van der Waals surface area contributed by atoms with Gasteiger partial charge in [-0.1, -0.05) is 51.4 Å². The molecule has 0 aliphatic heterocycles. The van der Waals surface area contributed by atoms with Gasteiger partial charge in [-0.05, 0) is 49.4 Å². The topological polar surface area (TPSA) is 0 Å². The second-order valence-corrected chi connectivity index (χ2v) is 6.70. The average molecular weight is 220 g/mol. The molecule has 3 aliphatic carbocycles. The van der Waals surface area contributed by atoms with Crippen LogP contribution < -0.4 is 0 Å². The van der Waals surface area contributed by atoms with Gasteiger partial charge >= 0.3 is 0 Å². The van der Waals surface area contributed by atoms with Crippen molar-refractivity contribution in [2.24, 2.45) is 23.7 Å². The lowest BCUT2D eigenvalue weighted by Gasteiger charge is -2.46. The Hall–Kier alpha value is 0. The zero-order valence-electron chi connectivity index (χ0n) is 10.8. The first-order chi connectivity index (χ1) is 7.95. The van der Waals surface area contributed by atoms with Gasteiger partial charge in [0.15, 0.2) is 0 Å². The largest absolute Gasteiger partial charge is 0.0533 e. The van der Waals surface area contributed by atoms with E-state index in [-0.39, 0.29) is 0 Å². The molecule has 3 rings (SSSR count). The highest BCUT2D eigenvalue weighted by Crippen LogP contribution is 2.50. The quantitative estimate of drug-likeness (QED) is 0.528. The van der Waals surface area contributed by atoms with Gasteiger partial charge < -0.3 is 0 Å². The minimum absolute atomic E-state index is 1.14. The van der Waals surface area contributed by atoms with Crippen LogP contribution in [-0.4, -0.2) is 0 Å². The Morgan fingerprint density at radius 1 is 0.375 bits per heavy atom. The zero-order valence-corrected chi connectivity index (χ0v) is 10.8. The molecule has 0 bridgehead atoms. The Morgan fingerprint density at radius 2 is 0.812 bits per heavy atom. The van der Waals surface area contributed by atoms with Crippen molar-refractivity contribution >= 4 is 0 Å². The Bertz CT molecular complexity index is 220. The van der Waals surface area contributed by atoms with Crippen molar-refractivity contribution in [1.29, 1.82) is 0 Å². The SMILES string of the molecule is C1CCCC2C(CC1)CCC1CCCCC12. The third-order valence-corrected chi connectivity index (χ3v) is 5.89. The standard InChI is InChI=1S/C16H28/c1-2-4-9-15-13(7-3-1)11-12-14-8-5-6-10-16(14)15/h13-16H,1-12H2. The van der Waals surface area contributed by atoms with Crippen molar-refractivity contribution in [3.05, 3.63) is 0 Å². The van der Waals surface area contributed by atoms with Crippen LogP contribution in [0.1, 0.15) is 77.0 Å². The molecule has 0 heteroatoms. The van der Waals surface area contributed by atoms with E-state index < -0.39 is 0 Å². The number of fused-ring (bicyclic) bond motifs is 3. The van der Waals surface area contributed by atoms with Gasteiger partial charge in [-0.25, -0.2) is 0 Å². The van der Waals surface area contributed by atoms with Crippen LogP contribution in [0.25, 0.3) is 0 Å². The molecule has 3 aliphatic rings. The van der Waals surface area contributed by atoms with E-state index in [0.717, 1.165) is 23.7 Å². The van der Waals surface area contributed by atoms with Crippen LogP contribution in [0, 0.1) is 23.7 Å². The first kappa shape index (κ1) is 11.1. The van der Waals surface area contributed by atoms with Crippen molar-refractivity contribution in [2.45, 2.75) is 77.0 Å². The van der Waals surface area contributed by atoms with Crippen LogP contribution >= 0.6 is 0 Å². The normalized spacial score (nSPS) is 45.0. The molecule has 0 nitrogen and oxygen atoms in total. The second-order valence-electron chi connectivity index (χ2n) is 6.70. The van der Waals surface area contributed by atoms with Crippen LogP contribution in [0.15, 0.2) is 0 Å². The molecule has 3 fully saturated rings. The molecular formula is C16H28. The highest BCUT2D eigenvalue weighted by molar-refractivity contribution is 4.90. The predicted octanol–water partition coefficient (Wildman–Crippen LogP) is 5.17. The van der Waals surface area contributed by atoms with Gasteiger partial charge in [0.2, 0.25) is 0 Å². The Morgan fingerprint density at radius 3 is 1.44 bits per heavy atom. The summed E-state index contributed by atoms with van der Waals surface area (Å²) in [5.41, 5.74) is 0. The lowest BCUT2D eigenvalue weighted by molar-refractivity contribution is 0.0383. The summed E-state index contributed by atoms with van der Waals surface area (Å²) in [5, 5.41) is 0. The average Bonchev–Trinajstić information content (AvgIpc) is 2.29. The molecule has 4 unspecified atom stereocenters. The summed E-state index contributed by atoms with van der Waals surface area (Å²) in [7, 11) is 0. The molecule has 0 amide bonds. The second kappa shape index (κ2) is 5.10. The van der Waals surface area contributed by atoms with Crippen molar-refractivity contribution in [2.75, 3.05) is 0 Å². The van der Waals surface area contributed by atoms with Crippen LogP contribution in [0.5, 0.6) is 0 Å². The predicted molar refractivity (Wildman–Crippen MR) is 69.4 cm³/mol. The van der Waals surface area contributed by atoms with Gasteiger partial charge in [0.25, 0.3) is 0 Å². The molecular weight excluding hydrogens is 192 g/mol. The first-order valence-corrected chi connectivity index (χ1v) is 7.95. The van der Waals surface area contributed by atoms with Crippen molar-refractivity contribution < 1.29 is 0 Å². The molecule has 0 radical (unpaired) electrons. The van der Waals surface area contributed by atoms with Gasteiger partial charge in [-0.2, -0.15) is 0 Å². The molecule has 0 aromatic carbocycles. The maximum atomic E-state index is 1.59. The van der Waals surface area contributed by atoms with E-state index in [9.17, 15) is 0 Å². The summed E-state index contributed by atoms with van der Waals surface area (Å²) in [4.78, 5) is 0. The lowest BCUT2D eigenvalue weighted by Crippen LogP contribution is -2.37. The van der Waals surface area contributed by atoms with Crippen LogP contribution in [0.4, 0.5) is 0 Å². The monoisotopic (exact) mass is 220 g/mol. The van der Waals surface area contributed by atoms with E-state index in [1.807, 2.05) is 0 Å². The maximum absolute atomic E-state index is 1.59. The highest BCUT2D eigenvalue weighted by atomic mass is 14.4. The molecule has 0 spiro atoms. The van der Waals surface area contributed by atoms with Gasteiger partial charge in [0.05, 0.1) is 0 Å². The van der Waals surface area contributed by atoms with Crippen LogP contribution in [0.3, 0.4) is 0 Å². The molecule has 0 saturated heterocycles. The van der Waals surface area contributed by atoms with E-state index in [0.29, 0.717) is 0 Å². The minimum Gasteiger partial charge on any atom is -0.0533 e. The molecule has 0 N–H and O–H groups in total. The van der Waals surface area contributed by atoms with E-state index >= 15 is 0 Å². The summed E-state index contributed by atoms with van der Waals surface area (Å²) in [6.07, 6.45) is 18.7. The Balaban J connectivity index is 1.71. The maximum Gasteiger partial charge on any atom is -0.0355 e. The van der Waals surface area contributed by atoms with Gasteiger partial charge in [-0.3, -0.25) is 0 Å². The van der Waals surface area contributed by atoms with E-state index in [1.54, 1.807) is 64.2 Å². The van der Waals surface area contributed by atoms with Gasteiger partial charge in [0.1, 0.15) is 0 Å². The van der Waals surface area contributed by atoms with E-state index in [4.69, 9.17) is 0 Å². The fourth-order valence-corrected chi connectivity index (χ4v) is 5.10. The van der Waals surface area contributed by atoms with Gasteiger partial charge in [-0.15, -0.1) is 0 Å². The van der Waals surface area contributed by atoms with Gasteiger partial charge in [0, 0.05) is 0 Å². The fraction of sp³-hybridized carbons (Fsp3) is 1.00. The van der Waals surface area contributed by atoms with Crippen molar-refractivity contribution in [3.8, 4) is 0 Å². The van der Waals surface area contributed by atoms with E-state index in [1.165, 1.54) is 12.8 Å². The smallest absolute Gasteiger partial charge is 0.0355 e. The summed E-state index contributed by atoms with van der Waals surface area (Å²) >= 11 is 0. The summed E-state index contributed by atoms with van der Waals surface area (Å²) < 4.78 is 0. The third-order valence-electron chi connectivity index (χ3n) is 5.89. The number of rotatable bonds is 0. The van der Waals surface area contributed by atoms with Crippen LogP contribution in [0.2, 0.25) is 0 Å². The third kappa shape index (κ3) is 2.17. The summed E-state index contributed by atoms with van der Waals surface area (Å²) in [6.45, 7) is 0. The summed E-state index contributed by atoms with van der Waals surface area (Å²) in [5.74, 6) is 4.60. The molecule has 4 atom stereocenters. The van der Waals surface area contributed by atoms with E-state index in [2.05, 4.69) is 0 Å². The number of hydrogen-bond acceptors (Lipinski definition) is 0. The Kier molecular flexibility index (Phi) is 3.54. The first-order valence-electron chi connectivity index (χ1n) is 7.95. The van der Waals surface area contributed by atoms with Crippen molar-refractivity contribution in [1.82, 2.24) is 0 Å². The molecule has 0 heterocycles. The molecule has 16 heavy (non-hydrogen) atoms. The molecule has 92 valence electrons. The Labute approximate surface area is 101 Å². The molecule has 3 saturated carbocycles.